The molecule has 2 nitrogen and oxygen atoms in total. The molecule has 1 aromatic carbocycles. The minimum absolute atomic E-state index is 0.189. The van der Waals surface area contributed by atoms with Crippen molar-refractivity contribution in [2.75, 3.05) is 5.32 Å². The Morgan fingerprint density at radius 2 is 1.37 bits per heavy atom. The first-order chi connectivity index (χ1) is 8.67. The van der Waals surface area contributed by atoms with Gasteiger partial charge in [-0.05, 0) is 6.42 Å². The molecule has 106 valence electrons. The molecule has 0 spiro atoms. The lowest BCUT2D eigenvalue weighted by Gasteiger charge is -2.50. The van der Waals surface area contributed by atoms with Gasteiger partial charge in [0.2, 0.25) is 5.82 Å². The van der Waals surface area contributed by atoms with Crippen LogP contribution in [-0.4, -0.2) is 12.1 Å². The summed E-state index contributed by atoms with van der Waals surface area (Å²) in [6.07, 6.45) is 0.395. The molecule has 0 aliphatic heterocycles. The molecule has 2 atom stereocenters. The van der Waals surface area contributed by atoms with Crippen LogP contribution in [0.4, 0.5) is 27.6 Å². The maximum Gasteiger partial charge on any atom is 0.200 e. The predicted molar refractivity (Wildman–Crippen MR) is 60.0 cm³/mol. The van der Waals surface area contributed by atoms with Gasteiger partial charge in [-0.1, -0.05) is 13.8 Å². The fraction of sp³-hybridized carbons (Fsp3) is 0.500. The molecule has 1 aliphatic rings. The lowest BCUT2D eigenvalue weighted by Crippen LogP contribution is -2.61. The molecule has 0 saturated heterocycles. The number of anilines is 1. The molecule has 1 saturated carbocycles. The van der Waals surface area contributed by atoms with Gasteiger partial charge in [-0.2, -0.15) is 0 Å². The molecule has 1 aromatic rings. The third-order valence-corrected chi connectivity index (χ3v) is 3.87. The van der Waals surface area contributed by atoms with Crippen LogP contribution in [-0.2, 0) is 0 Å². The summed E-state index contributed by atoms with van der Waals surface area (Å²) in [5.41, 5.74) is 4.24. The van der Waals surface area contributed by atoms with Crippen LogP contribution in [0, 0.1) is 34.5 Å². The first kappa shape index (κ1) is 14.0. The largest absolute Gasteiger partial charge is 0.377 e. The molecule has 7 heteroatoms. The number of benzene rings is 1. The zero-order valence-corrected chi connectivity index (χ0v) is 10.3. The third-order valence-electron chi connectivity index (χ3n) is 3.87. The minimum Gasteiger partial charge on any atom is -0.377 e. The lowest BCUT2D eigenvalue weighted by atomic mass is 9.63. The first-order valence-electron chi connectivity index (χ1n) is 5.71. The number of nitrogens with two attached hydrogens (primary N) is 1. The van der Waals surface area contributed by atoms with Crippen molar-refractivity contribution in [2.45, 2.75) is 32.4 Å². The summed E-state index contributed by atoms with van der Waals surface area (Å²) >= 11 is 0. The van der Waals surface area contributed by atoms with Crippen LogP contribution in [0.5, 0.6) is 0 Å². The Balaban J connectivity index is 2.37. The van der Waals surface area contributed by atoms with E-state index in [0.717, 1.165) is 0 Å². The van der Waals surface area contributed by atoms with E-state index < -0.39 is 46.2 Å². The number of rotatable bonds is 2. The van der Waals surface area contributed by atoms with Crippen molar-refractivity contribution in [1.82, 2.24) is 0 Å². The highest BCUT2D eigenvalue weighted by Crippen LogP contribution is 2.42. The van der Waals surface area contributed by atoms with Crippen molar-refractivity contribution in [3.8, 4) is 0 Å². The standard InChI is InChI=1S/C12H13F5N2/c1-12(2)4(18)3-5(12)19-11-9(16)7(14)6(13)8(15)10(11)17/h4-5,19H,3,18H2,1-2H3. The van der Waals surface area contributed by atoms with Crippen molar-refractivity contribution in [2.24, 2.45) is 11.1 Å². The lowest BCUT2D eigenvalue weighted by molar-refractivity contribution is 0.116. The van der Waals surface area contributed by atoms with Gasteiger partial charge in [0, 0.05) is 17.5 Å². The zero-order valence-electron chi connectivity index (χ0n) is 10.3. The van der Waals surface area contributed by atoms with E-state index in [4.69, 9.17) is 5.73 Å². The summed E-state index contributed by atoms with van der Waals surface area (Å²) in [5, 5.41) is 2.37. The highest BCUT2D eigenvalue weighted by Gasteiger charge is 2.46. The topological polar surface area (TPSA) is 38.0 Å². The van der Waals surface area contributed by atoms with Gasteiger partial charge in [-0.3, -0.25) is 0 Å². The van der Waals surface area contributed by atoms with Crippen LogP contribution in [0.3, 0.4) is 0 Å². The third kappa shape index (κ3) is 1.96. The molecule has 1 fully saturated rings. The molecule has 1 aliphatic carbocycles. The second-order valence-electron chi connectivity index (χ2n) is 5.31. The molecule has 0 amide bonds. The van der Waals surface area contributed by atoms with Crippen LogP contribution in [0.15, 0.2) is 0 Å². The van der Waals surface area contributed by atoms with Crippen LogP contribution in [0.2, 0.25) is 0 Å². The molecule has 2 rings (SSSR count). The van der Waals surface area contributed by atoms with E-state index in [1.165, 1.54) is 0 Å². The van der Waals surface area contributed by atoms with E-state index in [-0.39, 0.29) is 6.04 Å². The summed E-state index contributed by atoms with van der Waals surface area (Å²) in [6.45, 7) is 3.51. The molecule has 19 heavy (non-hydrogen) atoms. The van der Waals surface area contributed by atoms with Crippen molar-refractivity contribution >= 4 is 5.69 Å². The smallest absolute Gasteiger partial charge is 0.200 e. The van der Waals surface area contributed by atoms with Crippen LogP contribution in [0.1, 0.15) is 20.3 Å². The minimum atomic E-state index is -2.16. The number of halogens is 5. The quantitative estimate of drug-likeness (QED) is 0.496. The molecule has 2 unspecified atom stereocenters. The van der Waals surface area contributed by atoms with Crippen LogP contribution in [0.25, 0.3) is 0 Å². The van der Waals surface area contributed by atoms with E-state index in [9.17, 15) is 22.0 Å². The van der Waals surface area contributed by atoms with Gasteiger partial charge in [0.15, 0.2) is 23.3 Å². The van der Waals surface area contributed by atoms with Gasteiger partial charge in [0.05, 0.1) is 0 Å². The Labute approximate surface area is 106 Å². The first-order valence-corrected chi connectivity index (χ1v) is 5.71. The van der Waals surface area contributed by atoms with Gasteiger partial charge in [0.25, 0.3) is 0 Å². The van der Waals surface area contributed by atoms with Gasteiger partial charge >= 0.3 is 0 Å². The van der Waals surface area contributed by atoms with Gasteiger partial charge in [-0.15, -0.1) is 0 Å². The number of nitrogens with one attached hydrogen (secondary N) is 1. The zero-order chi connectivity index (χ0) is 14.5. The normalized spacial score (nSPS) is 25.1. The average molecular weight is 280 g/mol. The Morgan fingerprint density at radius 3 is 1.74 bits per heavy atom. The maximum atomic E-state index is 13.5. The second kappa shape index (κ2) is 4.33. The Bertz CT molecular complexity index is 500. The average Bonchev–Trinajstić information content (AvgIpc) is 2.37. The number of hydrogen-bond acceptors (Lipinski definition) is 2. The van der Waals surface area contributed by atoms with Crippen molar-refractivity contribution in [3.05, 3.63) is 29.1 Å². The predicted octanol–water partition coefficient (Wildman–Crippen LogP) is 2.92. The summed E-state index contributed by atoms with van der Waals surface area (Å²) < 4.78 is 65.8. The molecule has 0 bridgehead atoms. The molecular formula is C12H13F5N2. The van der Waals surface area contributed by atoms with Gasteiger partial charge in [0.1, 0.15) is 5.69 Å². The monoisotopic (exact) mass is 280 g/mol. The second-order valence-corrected chi connectivity index (χ2v) is 5.31. The van der Waals surface area contributed by atoms with E-state index in [1.807, 2.05) is 0 Å². The molecular weight excluding hydrogens is 267 g/mol. The number of hydrogen-bond donors (Lipinski definition) is 2. The van der Waals surface area contributed by atoms with Gasteiger partial charge in [-0.25, -0.2) is 22.0 Å². The summed E-state index contributed by atoms with van der Waals surface area (Å²) in [4.78, 5) is 0. The van der Waals surface area contributed by atoms with Crippen molar-refractivity contribution < 1.29 is 22.0 Å². The van der Waals surface area contributed by atoms with E-state index in [1.54, 1.807) is 13.8 Å². The van der Waals surface area contributed by atoms with Crippen molar-refractivity contribution in [3.63, 3.8) is 0 Å². The Morgan fingerprint density at radius 1 is 0.947 bits per heavy atom. The van der Waals surface area contributed by atoms with Crippen molar-refractivity contribution in [1.29, 1.82) is 0 Å². The maximum absolute atomic E-state index is 13.5. The van der Waals surface area contributed by atoms with Crippen LogP contribution < -0.4 is 11.1 Å². The summed E-state index contributed by atoms with van der Waals surface area (Å²) in [6, 6.07) is -0.637. The highest BCUT2D eigenvalue weighted by molar-refractivity contribution is 5.49. The molecule has 0 heterocycles. The molecule has 3 N–H and O–H groups in total. The fourth-order valence-electron chi connectivity index (χ4n) is 2.11. The highest BCUT2D eigenvalue weighted by atomic mass is 19.2. The van der Waals surface area contributed by atoms with E-state index in [0.29, 0.717) is 6.42 Å². The molecule has 0 aromatic heterocycles. The summed E-state index contributed by atoms with van der Waals surface area (Å²) in [7, 11) is 0. The fourth-order valence-corrected chi connectivity index (χ4v) is 2.11. The SMILES string of the molecule is CC1(C)C(N)CC1Nc1c(F)c(F)c(F)c(F)c1F. The van der Waals surface area contributed by atoms with Gasteiger partial charge < -0.3 is 11.1 Å². The van der Waals surface area contributed by atoms with E-state index >= 15 is 0 Å². The van der Waals surface area contributed by atoms with Crippen LogP contribution >= 0.6 is 0 Å². The Kier molecular flexibility index (Phi) is 3.20. The van der Waals surface area contributed by atoms with E-state index in [2.05, 4.69) is 5.32 Å². The molecule has 0 radical (unpaired) electrons. The Hall–Kier alpha value is -1.37. The summed E-state index contributed by atoms with van der Waals surface area (Å²) in [5.74, 6) is -9.78.